The van der Waals surface area contributed by atoms with E-state index in [0.29, 0.717) is 24.8 Å². The van der Waals surface area contributed by atoms with Crippen LogP contribution < -0.4 is 10.2 Å². The number of nitrogens with zero attached hydrogens (tertiary/aromatic N) is 2. The van der Waals surface area contributed by atoms with Crippen molar-refractivity contribution in [1.82, 2.24) is 5.16 Å². The standard InChI is InChI=1S/C14H14BrN3O3/c15-10-3-1-2-4-11(10)16-14(19)12-9-13(21-17-12)18-5-7-20-8-6-18/h1-4,9H,5-8H2,(H,16,19). The Bertz CT molecular complexity index is 638. The number of carbonyl (C=O) groups excluding carboxylic acids is 1. The summed E-state index contributed by atoms with van der Waals surface area (Å²) in [4.78, 5) is 14.2. The molecule has 6 nitrogen and oxygen atoms in total. The fourth-order valence-electron chi connectivity index (χ4n) is 2.05. The van der Waals surface area contributed by atoms with E-state index in [0.717, 1.165) is 17.6 Å². The van der Waals surface area contributed by atoms with Crippen LogP contribution in [0.1, 0.15) is 10.5 Å². The predicted molar refractivity (Wildman–Crippen MR) is 81.6 cm³/mol. The molecule has 110 valence electrons. The van der Waals surface area contributed by atoms with Gasteiger partial charge in [0.2, 0.25) is 5.88 Å². The Labute approximate surface area is 130 Å². The molecule has 0 radical (unpaired) electrons. The summed E-state index contributed by atoms with van der Waals surface area (Å²) in [6.07, 6.45) is 0. The highest BCUT2D eigenvalue weighted by Crippen LogP contribution is 2.23. The lowest BCUT2D eigenvalue weighted by atomic mass is 10.3. The molecule has 7 heteroatoms. The van der Waals surface area contributed by atoms with Crippen molar-refractivity contribution in [2.45, 2.75) is 0 Å². The zero-order valence-corrected chi connectivity index (χ0v) is 12.8. The first kappa shape index (κ1) is 14.1. The highest BCUT2D eigenvalue weighted by molar-refractivity contribution is 9.10. The number of ether oxygens (including phenoxy) is 1. The lowest BCUT2D eigenvalue weighted by Crippen LogP contribution is -2.35. The van der Waals surface area contributed by atoms with Crippen LogP contribution in [0.4, 0.5) is 11.6 Å². The zero-order valence-electron chi connectivity index (χ0n) is 11.2. The van der Waals surface area contributed by atoms with Gasteiger partial charge in [-0.25, -0.2) is 0 Å². The highest BCUT2D eigenvalue weighted by Gasteiger charge is 2.19. The van der Waals surface area contributed by atoms with Crippen LogP contribution in [0.5, 0.6) is 0 Å². The fraction of sp³-hybridized carbons (Fsp3) is 0.286. The number of amides is 1. The molecule has 1 N–H and O–H groups in total. The summed E-state index contributed by atoms with van der Waals surface area (Å²) in [7, 11) is 0. The Morgan fingerprint density at radius 3 is 2.81 bits per heavy atom. The summed E-state index contributed by atoms with van der Waals surface area (Å²) in [6, 6.07) is 9.05. The fourth-order valence-corrected chi connectivity index (χ4v) is 2.44. The SMILES string of the molecule is O=C(Nc1ccccc1Br)c1cc(N2CCOCC2)on1. The molecule has 0 saturated carbocycles. The molecule has 21 heavy (non-hydrogen) atoms. The van der Waals surface area contributed by atoms with E-state index in [9.17, 15) is 4.79 Å². The van der Waals surface area contributed by atoms with Crippen LogP contribution in [0.3, 0.4) is 0 Å². The number of halogens is 1. The van der Waals surface area contributed by atoms with Crippen LogP contribution in [-0.2, 0) is 4.74 Å². The summed E-state index contributed by atoms with van der Waals surface area (Å²) in [5.74, 6) is 0.292. The summed E-state index contributed by atoms with van der Waals surface area (Å²) in [5.41, 5.74) is 0.950. The van der Waals surface area contributed by atoms with Crippen LogP contribution in [0.15, 0.2) is 39.3 Å². The molecule has 1 amide bonds. The van der Waals surface area contributed by atoms with Gasteiger partial charge in [0.15, 0.2) is 5.69 Å². The lowest BCUT2D eigenvalue weighted by Gasteiger charge is -2.25. The Morgan fingerprint density at radius 1 is 1.29 bits per heavy atom. The normalized spacial score (nSPS) is 15.0. The van der Waals surface area contributed by atoms with E-state index in [4.69, 9.17) is 9.26 Å². The maximum Gasteiger partial charge on any atom is 0.277 e. The van der Waals surface area contributed by atoms with Crippen molar-refractivity contribution in [1.29, 1.82) is 0 Å². The zero-order chi connectivity index (χ0) is 14.7. The molecular formula is C14H14BrN3O3. The van der Waals surface area contributed by atoms with E-state index in [1.807, 2.05) is 29.2 Å². The van der Waals surface area contributed by atoms with Gasteiger partial charge in [-0.2, -0.15) is 0 Å². The third-order valence-corrected chi connectivity index (χ3v) is 3.87. The minimum absolute atomic E-state index is 0.257. The van der Waals surface area contributed by atoms with Gasteiger partial charge in [-0.1, -0.05) is 17.3 Å². The first-order valence-electron chi connectivity index (χ1n) is 6.59. The lowest BCUT2D eigenvalue weighted by molar-refractivity contribution is 0.101. The van der Waals surface area contributed by atoms with E-state index in [1.54, 1.807) is 6.07 Å². The molecule has 3 rings (SSSR count). The topological polar surface area (TPSA) is 67.6 Å². The van der Waals surface area contributed by atoms with Gasteiger partial charge >= 0.3 is 0 Å². The second kappa shape index (κ2) is 6.28. The predicted octanol–water partition coefficient (Wildman–Crippen LogP) is 2.53. The third kappa shape index (κ3) is 3.25. The maximum absolute atomic E-state index is 12.2. The van der Waals surface area contributed by atoms with E-state index in [2.05, 4.69) is 26.4 Å². The molecule has 0 bridgehead atoms. The Kier molecular flexibility index (Phi) is 4.21. The van der Waals surface area contributed by atoms with Gasteiger partial charge in [0.1, 0.15) is 0 Å². The highest BCUT2D eigenvalue weighted by atomic mass is 79.9. The van der Waals surface area contributed by atoms with Crippen molar-refractivity contribution in [3.05, 3.63) is 40.5 Å². The summed E-state index contributed by atoms with van der Waals surface area (Å²) < 4.78 is 11.3. The molecule has 1 aromatic carbocycles. The molecule has 0 unspecified atom stereocenters. The average Bonchev–Trinajstić information content (AvgIpc) is 3.00. The Hall–Kier alpha value is -1.86. The van der Waals surface area contributed by atoms with E-state index >= 15 is 0 Å². The van der Waals surface area contributed by atoms with Crippen molar-refractivity contribution in [2.24, 2.45) is 0 Å². The van der Waals surface area contributed by atoms with Gasteiger partial charge in [0.05, 0.1) is 18.9 Å². The van der Waals surface area contributed by atoms with Crippen LogP contribution in [0.2, 0.25) is 0 Å². The molecular weight excluding hydrogens is 338 g/mol. The van der Waals surface area contributed by atoms with Crippen molar-refractivity contribution in [3.63, 3.8) is 0 Å². The van der Waals surface area contributed by atoms with Gasteiger partial charge < -0.3 is 19.5 Å². The molecule has 2 heterocycles. The average molecular weight is 352 g/mol. The smallest absolute Gasteiger partial charge is 0.277 e. The van der Waals surface area contributed by atoms with Gasteiger partial charge in [-0.15, -0.1) is 0 Å². The first-order valence-corrected chi connectivity index (χ1v) is 7.38. The van der Waals surface area contributed by atoms with Gasteiger partial charge in [0.25, 0.3) is 5.91 Å². The van der Waals surface area contributed by atoms with E-state index in [1.165, 1.54) is 0 Å². The number of carbonyl (C=O) groups is 1. The van der Waals surface area contributed by atoms with Crippen molar-refractivity contribution >= 4 is 33.4 Å². The molecule has 1 aliphatic heterocycles. The second-order valence-electron chi connectivity index (χ2n) is 4.58. The number of nitrogens with one attached hydrogen (secondary N) is 1. The maximum atomic E-state index is 12.2. The molecule has 1 aliphatic rings. The molecule has 1 saturated heterocycles. The third-order valence-electron chi connectivity index (χ3n) is 3.18. The molecule has 1 aromatic heterocycles. The van der Waals surface area contributed by atoms with Crippen LogP contribution in [-0.4, -0.2) is 37.4 Å². The number of benzene rings is 1. The number of morpholine rings is 1. The summed E-state index contributed by atoms with van der Waals surface area (Å²) in [6.45, 7) is 2.78. The number of para-hydroxylation sites is 1. The Morgan fingerprint density at radius 2 is 2.05 bits per heavy atom. The minimum atomic E-state index is -0.301. The molecule has 1 fully saturated rings. The Balaban J connectivity index is 1.71. The van der Waals surface area contributed by atoms with Crippen molar-refractivity contribution < 1.29 is 14.1 Å². The summed E-state index contributed by atoms with van der Waals surface area (Å²) in [5, 5.41) is 6.62. The number of anilines is 2. The van der Waals surface area contributed by atoms with Crippen molar-refractivity contribution in [2.75, 3.05) is 36.5 Å². The first-order chi connectivity index (χ1) is 10.2. The van der Waals surface area contributed by atoms with E-state index < -0.39 is 0 Å². The largest absolute Gasteiger partial charge is 0.378 e. The second-order valence-corrected chi connectivity index (χ2v) is 5.44. The molecule has 0 atom stereocenters. The van der Waals surface area contributed by atoms with Gasteiger partial charge in [-0.05, 0) is 28.1 Å². The molecule has 2 aromatic rings. The quantitative estimate of drug-likeness (QED) is 0.920. The van der Waals surface area contributed by atoms with Crippen molar-refractivity contribution in [3.8, 4) is 0 Å². The number of rotatable bonds is 3. The minimum Gasteiger partial charge on any atom is -0.378 e. The molecule has 0 aliphatic carbocycles. The summed E-state index contributed by atoms with van der Waals surface area (Å²) >= 11 is 3.38. The van der Waals surface area contributed by atoms with Crippen LogP contribution in [0.25, 0.3) is 0 Å². The van der Waals surface area contributed by atoms with Crippen LogP contribution in [0, 0.1) is 0 Å². The monoisotopic (exact) mass is 351 g/mol. The van der Waals surface area contributed by atoms with Gasteiger partial charge in [0, 0.05) is 23.6 Å². The number of hydrogen-bond acceptors (Lipinski definition) is 5. The molecule has 0 spiro atoms. The number of hydrogen-bond donors (Lipinski definition) is 1. The number of aromatic nitrogens is 1. The van der Waals surface area contributed by atoms with Gasteiger partial charge in [-0.3, -0.25) is 4.79 Å². The van der Waals surface area contributed by atoms with Crippen LogP contribution >= 0.6 is 15.9 Å². The van der Waals surface area contributed by atoms with E-state index in [-0.39, 0.29) is 11.6 Å².